The molecule has 0 aromatic heterocycles. The van der Waals surface area contributed by atoms with Gasteiger partial charge >= 0.3 is 11.9 Å². The van der Waals surface area contributed by atoms with Gasteiger partial charge < -0.3 is 9.47 Å². The Kier molecular flexibility index (Phi) is 7.27. The lowest BCUT2D eigenvalue weighted by molar-refractivity contribution is -0.159. The number of fused-ring (bicyclic) bond motifs is 1. The van der Waals surface area contributed by atoms with Crippen LogP contribution in [0.1, 0.15) is 68.2 Å². The van der Waals surface area contributed by atoms with E-state index in [1.54, 1.807) is 45.9 Å². The van der Waals surface area contributed by atoms with Gasteiger partial charge in [0.2, 0.25) is 0 Å². The summed E-state index contributed by atoms with van der Waals surface area (Å²) in [4.78, 5) is 37.8. The van der Waals surface area contributed by atoms with Gasteiger partial charge in [-0.05, 0) is 65.2 Å². The molecule has 0 aliphatic heterocycles. The molecular formula is C25H34O5. The number of carbonyl (C=O) groups excluding carboxylic acids is 3. The summed E-state index contributed by atoms with van der Waals surface area (Å²) < 4.78 is 11.7. The molecule has 5 nitrogen and oxygen atoms in total. The summed E-state index contributed by atoms with van der Waals surface area (Å²) in [5.41, 5.74) is 3.15. The highest BCUT2D eigenvalue weighted by atomic mass is 16.6. The van der Waals surface area contributed by atoms with Crippen molar-refractivity contribution in [3.05, 3.63) is 46.1 Å². The second-order valence-corrected chi connectivity index (χ2v) is 8.84. The maximum absolute atomic E-state index is 12.8. The number of hydrogen-bond acceptors (Lipinski definition) is 5. The summed E-state index contributed by atoms with van der Waals surface area (Å²) >= 11 is 0. The van der Waals surface area contributed by atoms with Crippen LogP contribution in [0.25, 0.3) is 0 Å². The Bertz CT molecular complexity index is 866. The Morgan fingerprint density at radius 2 is 1.57 bits per heavy atom. The molecule has 164 valence electrons. The summed E-state index contributed by atoms with van der Waals surface area (Å²) in [7, 11) is 0. The first kappa shape index (κ1) is 23.8. The Hall–Kier alpha value is -2.43. The van der Waals surface area contributed by atoms with E-state index in [2.05, 4.69) is 6.92 Å². The standard InChI is InChI=1S/C25H34O5/c1-9-15(5)23(27)29-21-12-22(30-24(28)16(6)10-2)19-11-20(26)18(14(3)4)13-25(19,8)17(21)7/h9-11,17,21-22H,12-13H2,1-8H3/b15-9-,16-10+/t17-,21-,22+,25+/m0/s1. The van der Waals surface area contributed by atoms with Crippen molar-refractivity contribution in [1.82, 2.24) is 0 Å². The quantitative estimate of drug-likeness (QED) is 0.477. The highest BCUT2D eigenvalue weighted by molar-refractivity contribution is 6.06. The van der Waals surface area contributed by atoms with Gasteiger partial charge in [0, 0.05) is 28.9 Å². The molecule has 1 fully saturated rings. The fourth-order valence-corrected chi connectivity index (χ4v) is 4.16. The highest BCUT2D eigenvalue weighted by Crippen LogP contribution is 2.53. The number of hydrogen-bond donors (Lipinski definition) is 0. The van der Waals surface area contributed by atoms with Gasteiger partial charge in [-0.2, -0.15) is 0 Å². The third kappa shape index (κ3) is 4.50. The normalized spacial score (nSPS) is 29.7. The van der Waals surface area contributed by atoms with Crippen LogP contribution in [0.5, 0.6) is 0 Å². The second-order valence-electron chi connectivity index (χ2n) is 8.84. The van der Waals surface area contributed by atoms with Crippen molar-refractivity contribution in [2.45, 2.75) is 80.4 Å². The molecule has 5 heteroatoms. The Morgan fingerprint density at radius 3 is 2.07 bits per heavy atom. The topological polar surface area (TPSA) is 69.7 Å². The average molecular weight is 415 g/mol. The minimum atomic E-state index is -0.611. The SMILES string of the molecule is C/C=C(/C)C(=O)O[C@H]1C[C@@H](OC(=O)/C(C)=C/C)C2=CC(=O)C(=C(C)C)C[C@]2(C)[C@H]1C. The molecule has 0 amide bonds. The number of rotatable bonds is 4. The van der Waals surface area contributed by atoms with Crippen molar-refractivity contribution < 1.29 is 23.9 Å². The third-order valence-electron chi connectivity index (χ3n) is 6.76. The van der Waals surface area contributed by atoms with Crippen molar-refractivity contribution in [2.24, 2.45) is 11.3 Å². The van der Waals surface area contributed by atoms with E-state index in [4.69, 9.17) is 9.47 Å². The van der Waals surface area contributed by atoms with E-state index in [0.29, 0.717) is 24.0 Å². The van der Waals surface area contributed by atoms with Crippen LogP contribution in [0.15, 0.2) is 46.1 Å². The van der Waals surface area contributed by atoms with Gasteiger partial charge in [-0.1, -0.05) is 31.6 Å². The summed E-state index contributed by atoms with van der Waals surface area (Å²) in [6, 6.07) is 0. The van der Waals surface area contributed by atoms with Crippen LogP contribution in [0.2, 0.25) is 0 Å². The highest BCUT2D eigenvalue weighted by Gasteiger charge is 2.52. The Labute approximate surface area is 179 Å². The zero-order chi connectivity index (χ0) is 22.8. The fourth-order valence-electron chi connectivity index (χ4n) is 4.16. The molecule has 0 unspecified atom stereocenters. The van der Waals surface area contributed by atoms with E-state index in [-0.39, 0.29) is 17.7 Å². The molecule has 0 bridgehead atoms. The van der Waals surface area contributed by atoms with Gasteiger partial charge in [0.25, 0.3) is 0 Å². The summed E-state index contributed by atoms with van der Waals surface area (Å²) in [5, 5.41) is 0. The molecule has 2 rings (SSSR count). The van der Waals surface area contributed by atoms with E-state index in [0.717, 1.165) is 16.7 Å². The van der Waals surface area contributed by atoms with Crippen molar-refractivity contribution >= 4 is 17.7 Å². The largest absolute Gasteiger partial charge is 0.459 e. The summed E-state index contributed by atoms with van der Waals surface area (Å²) in [5.74, 6) is -0.860. The van der Waals surface area contributed by atoms with E-state index in [1.165, 1.54) is 0 Å². The van der Waals surface area contributed by atoms with Gasteiger partial charge in [0.15, 0.2) is 5.78 Å². The average Bonchev–Trinajstić information content (AvgIpc) is 2.70. The summed E-state index contributed by atoms with van der Waals surface area (Å²) in [6.45, 7) is 15.0. The predicted molar refractivity (Wildman–Crippen MR) is 117 cm³/mol. The minimum absolute atomic E-state index is 0.0290. The third-order valence-corrected chi connectivity index (χ3v) is 6.76. The number of esters is 2. The van der Waals surface area contributed by atoms with Crippen molar-refractivity contribution in [1.29, 1.82) is 0 Å². The van der Waals surface area contributed by atoms with Crippen LogP contribution in [0.4, 0.5) is 0 Å². The van der Waals surface area contributed by atoms with Gasteiger partial charge in [0.1, 0.15) is 12.2 Å². The van der Waals surface area contributed by atoms with Crippen molar-refractivity contribution in [3.63, 3.8) is 0 Å². The molecule has 2 aliphatic carbocycles. The van der Waals surface area contributed by atoms with Crippen molar-refractivity contribution in [3.8, 4) is 0 Å². The smallest absolute Gasteiger partial charge is 0.333 e. The van der Waals surface area contributed by atoms with Crippen LogP contribution in [0.3, 0.4) is 0 Å². The fraction of sp³-hybridized carbons (Fsp3) is 0.560. The van der Waals surface area contributed by atoms with E-state index in [9.17, 15) is 14.4 Å². The van der Waals surface area contributed by atoms with Gasteiger partial charge in [-0.3, -0.25) is 4.79 Å². The zero-order valence-electron chi connectivity index (χ0n) is 19.4. The Balaban J connectivity index is 2.51. The number of allylic oxidation sites excluding steroid dienone is 5. The molecule has 0 aromatic rings. The maximum Gasteiger partial charge on any atom is 0.333 e. The minimum Gasteiger partial charge on any atom is -0.459 e. The molecule has 0 spiro atoms. The van der Waals surface area contributed by atoms with Crippen LogP contribution in [-0.2, 0) is 23.9 Å². The molecule has 0 aromatic carbocycles. The molecule has 0 N–H and O–H groups in total. The van der Waals surface area contributed by atoms with Crippen LogP contribution < -0.4 is 0 Å². The first-order chi connectivity index (χ1) is 14.0. The van der Waals surface area contributed by atoms with Gasteiger partial charge in [-0.15, -0.1) is 0 Å². The zero-order valence-corrected chi connectivity index (χ0v) is 19.4. The van der Waals surface area contributed by atoms with Crippen LogP contribution in [-0.4, -0.2) is 29.9 Å². The number of carbonyl (C=O) groups is 3. The van der Waals surface area contributed by atoms with Gasteiger partial charge in [-0.25, -0.2) is 9.59 Å². The van der Waals surface area contributed by atoms with E-state index >= 15 is 0 Å². The van der Waals surface area contributed by atoms with Crippen molar-refractivity contribution in [2.75, 3.05) is 0 Å². The predicted octanol–water partition coefficient (Wildman–Crippen LogP) is 5.02. The maximum atomic E-state index is 12.8. The lowest BCUT2D eigenvalue weighted by Crippen LogP contribution is -2.51. The van der Waals surface area contributed by atoms with Gasteiger partial charge in [0.05, 0.1) is 0 Å². The van der Waals surface area contributed by atoms with E-state index in [1.807, 2.05) is 20.8 Å². The molecule has 0 radical (unpaired) electrons. The lowest BCUT2D eigenvalue weighted by Gasteiger charge is -2.50. The molecular weight excluding hydrogens is 380 g/mol. The first-order valence-corrected chi connectivity index (χ1v) is 10.6. The summed E-state index contributed by atoms with van der Waals surface area (Å²) in [6.07, 6.45) is 4.89. The first-order valence-electron chi connectivity index (χ1n) is 10.6. The second kappa shape index (κ2) is 9.15. The van der Waals surface area contributed by atoms with E-state index < -0.39 is 23.6 Å². The molecule has 1 saturated carbocycles. The monoisotopic (exact) mass is 414 g/mol. The van der Waals surface area contributed by atoms with Crippen LogP contribution >= 0.6 is 0 Å². The Morgan fingerprint density at radius 1 is 1.03 bits per heavy atom. The molecule has 30 heavy (non-hydrogen) atoms. The lowest BCUT2D eigenvalue weighted by atomic mass is 9.57. The number of ether oxygens (including phenoxy) is 2. The molecule has 4 atom stereocenters. The van der Waals surface area contributed by atoms with Crippen LogP contribution in [0, 0.1) is 11.3 Å². The molecule has 0 saturated heterocycles. The number of ketones is 1. The molecule has 2 aliphatic rings. The molecule has 0 heterocycles.